The van der Waals surface area contributed by atoms with Crippen molar-refractivity contribution >= 4 is 23.9 Å². The summed E-state index contributed by atoms with van der Waals surface area (Å²) >= 11 is 0. The van der Waals surface area contributed by atoms with E-state index in [0.29, 0.717) is 0 Å². The molecule has 0 amide bonds. The van der Waals surface area contributed by atoms with Gasteiger partial charge in [-0.3, -0.25) is 9.80 Å². The Morgan fingerprint density at radius 3 is 0.913 bits per heavy atom. The number of aliphatic carboxylic acids is 4. The van der Waals surface area contributed by atoms with Gasteiger partial charge in [0.05, 0.1) is 23.9 Å². The number of hydrogen-bond donors (Lipinski definition) is 0. The molecule has 0 rings (SSSR count). The summed E-state index contributed by atoms with van der Waals surface area (Å²) in [5.74, 6) is -6.12. The number of carboxylic acid groups (broad SMARTS) is 4. The van der Waals surface area contributed by atoms with Crippen molar-refractivity contribution in [1.82, 2.24) is 9.80 Å². The van der Waals surface area contributed by atoms with Crippen molar-refractivity contribution < 1.29 is 114 Å². The van der Waals surface area contributed by atoms with Gasteiger partial charge in [0.15, 0.2) is 0 Å². The summed E-state index contributed by atoms with van der Waals surface area (Å²) in [4.78, 5) is 43.4. The zero-order valence-corrected chi connectivity index (χ0v) is 16.5. The van der Waals surface area contributed by atoms with Crippen LogP contribution in [-0.4, -0.2) is 78.4 Å². The number of nitrogens with zero attached hydrogens (tertiary/aromatic N) is 2. The first-order valence-electron chi connectivity index (χ1n) is 5.44. The van der Waals surface area contributed by atoms with Crippen LogP contribution in [0.15, 0.2) is 0 Å². The molecule has 0 aliphatic rings. The van der Waals surface area contributed by atoms with Crippen molar-refractivity contribution in [2.45, 2.75) is 0 Å². The second kappa shape index (κ2) is 16.8. The minimum absolute atomic E-state index is 0. The first-order valence-corrected chi connectivity index (χ1v) is 5.44. The van der Waals surface area contributed by atoms with Crippen molar-refractivity contribution in [3.8, 4) is 0 Å². The quantitative estimate of drug-likeness (QED) is 0.299. The van der Waals surface area contributed by atoms with E-state index in [9.17, 15) is 39.6 Å². The van der Waals surface area contributed by atoms with Gasteiger partial charge in [-0.05, 0) is 0 Å². The topological polar surface area (TPSA) is 198 Å². The summed E-state index contributed by atoms with van der Waals surface area (Å²) in [6, 6.07) is 0. The van der Waals surface area contributed by atoms with Gasteiger partial charge < -0.3 is 45.1 Å². The van der Waals surface area contributed by atoms with E-state index in [1.54, 1.807) is 0 Å². The minimum atomic E-state index is -1.53. The smallest absolute Gasteiger partial charge is 0.549 e. The molecule has 0 aromatic rings. The monoisotopic (exact) mass is 401 g/mol. The second-order valence-corrected chi connectivity index (χ2v) is 3.91. The molecule has 0 aromatic carbocycles. The van der Waals surface area contributed by atoms with E-state index in [1.165, 1.54) is 0 Å². The number of carbonyl (C=O) groups excluding carboxylic acids is 4. The average Bonchev–Trinajstić information content (AvgIpc) is 2.22. The van der Waals surface area contributed by atoms with Crippen molar-refractivity contribution in [2.24, 2.45) is 0 Å². The van der Waals surface area contributed by atoms with E-state index in [-0.39, 0.29) is 87.0 Å². The normalized spacial score (nSPS) is 9.30. The third kappa shape index (κ3) is 19.9. The molecule has 0 bridgehead atoms. The molecular weight excluding hydrogens is 387 g/mol. The summed E-state index contributed by atoms with van der Waals surface area (Å²) in [6.45, 7) is -3.25. The Labute approximate surface area is 184 Å². The fraction of sp³-hybridized carbons (Fsp3) is 0.600. The van der Waals surface area contributed by atoms with Crippen LogP contribution >= 0.6 is 0 Å². The number of rotatable bonds is 11. The molecule has 0 aliphatic carbocycles. The molecule has 0 fully saturated rings. The Balaban J connectivity index is -0.000000602. The molecule has 1 radical (unpaired) electrons. The SMILES string of the molecule is O.O=C([O-])CN(CCN(CC(=O)[O-])CC(=O)[O-])CC(=O)[O-].[Fe+3].[K+]. The molecule has 23 heavy (non-hydrogen) atoms. The van der Waals surface area contributed by atoms with Gasteiger partial charge in [0, 0.05) is 39.3 Å². The van der Waals surface area contributed by atoms with E-state index in [1.807, 2.05) is 0 Å². The van der Waals surface area contributed by atoms with E-state index in [0.717, 1.165) is 9.80 Å². The van der Waals surface area contributed by atoms with E-state index in [4.69, 9.17) is 0 Å². The predicted molar refractivity (Wildman–Crippen MR) is 56.5 cm³/mol. The Hall–Kier alpha value is -0.0842. The maximum Gasteiger partial charge on any atom is 3.00 e. The molecule has 0 atom stereocenters. The van der Waals surface area contributed by atoms with Gasteiger partial charge in [-0.15, -0.1) is 0 Å². The Morgan fingerprint density at radius 1 is 0.609 bits per heavy atom. The third-order valence-corrected chi connectivity index (χ3v) is 2.14. The van der Waals surface area contributed by atoms with Crippen molar-refractivity contribution in [3.05, 3.63) is 0 Å². The van der Waals surface area contributed by atoms with Crippen LogP contribution < -0.4 is 71.8 Å². The average molecular weight is 401 g/mol. The summed E-state index contributed by atoms with van der Waals surface area (Å²) in [7, 11) is 0. The Bertz CT molecular complexity index is 329. The maximum absolute atomic E-state index is 10.4. The van der Waals surface area contributed by atoms with Crippen molar-refractivity contribution in [2.75, 3.05) is 39.3 Å². The van der Waals surface area contributed by atoms with Crippen LogP contribution in [0.3, 0.4) is 0 Å². The van der Waals surface area contributed by atoms with E-state index < -0.39 is 50.1 Å². The Morgan fingerprint density at radius 2 is 0.783 bits per heavy atom. The van der Waals surface area contributed by atoms with E-state index >= 15 is 0 Å². The summed E-state index contributed by atoms with van der Waals surface area (Å²) in [5.41, 5.74) is 0. The molecule has 0 saturated carbocycles. The molecule has 0 heterocycles. The summed E-state index contributed by atoms with van der Waals surface area (Å²) in [5, 5.41) is 41.6. The molecule has 127 valence electrons. The van der Waals surface area contributed by atoms with Gasteiger partial charge in [0.2, 0.25) is 0 Å². The van der Waals surface area contributed by atoms with Crippen LogP contribution in [0.4, 0.5) is 0 Å². The maximum atomic E-state index is 10.4. The van der Waals surface area contributed by atoms with Gasteiger partial charge in [-0.1, -0.05) is 0 Å². The van der Waals surface area contributed by atoms with Crippen LogP contribution in [0.25, 0.3) is 0 Å². The van der Waals surface area contributed by atoms with Gasteiger partial charge in [-0.2, -0.15) is 0 Å². The molecule has 2 N–H and O–H groups in total. The first-order chi connectivity index (χ1) is 9.20. The number of carbonyl (C=O) groups is 4. The number of carboxylic acids is 4. The van der Waals surface area contributed by atoms with Crippen LogP contribution in [0, 0.1) is 0 Å². The minimum Gasteiger partial charge on any atom is -0.549 e. The van der Waals surface area contributed by atoms with Crippen LogP contribution in [0.1, 0.15) is 0 Å². The van der Waals surface area contributed by atoms with Gasteiger partial charge in [-0.25, -0.2) is 0 Å². The molecule has 0 saturated heterocycles. The molecule has 0 aromatic heterocycles. The molecule has 0 spiro atoms. The van der Waals surface area contributed by atoms with Crippen LogP contribution in [-0.2, 0) is 36.2 Å². The third-order valence-electron chi connectivity index (χ3n) is 2.14. The van der Waals surface area contributed by atoms with Gasteiger partial charge in [0.1, 0.15) is 0 Å². The first kappa shape index (κ1) is 30.8. The van der Waals surface area contributed by atoms with Crippen molar-refractivity contribution in [1.29, 1.82) is 0 Å². The Kier molecular flexibility index (Phi) is 22.4. The zero-order chi connectivity index (χ0) is 15.7. The van der Waals surface area contributed by atoms with Crippen LogP contribution in [0.2, 0.25) is 0 Å². The van der Waals surface area contributed by atoms with Gasteiger partial charge in [0.25, 0.3) is 0 Å². The fourth-order valence-corrected chi connectivity index (χ4v) is 1.44. The van der Waals surface area contributed by atoms with Gasteiger partial charge >= 0.3 is 68.5 Å². The zero-order valence-electron chi connectivity index (χ0n) is 12.3. The van der Waals surface area contributed by atoms with Crippen molar-refractivity contribution in [3.63, 3.8) is 0 Å². The molecule has 0 unspecified atom stereocenters. The van der Waals surface area contributed by atoms with Crippen LogP contribution in [0.5, 0.6) is 0 Å². The largest absolute Gasteiger partial charge is 3.00 e. The fourth-order valence-electron chi connectivity index (χ4n) is 1.44. The second-order valence-electron chi connectivity index (χ2n) is 3.91. The molecule has 0 aliphatic heterocycles. The summed E-state index contributed by atoms with van der Waals surface area (Å²) in [6.07, 6.45) is 0. The molecule has 11 nitrogen and oxygen atoms in total. The molecular formula is C10H14FeKN2O9. The standard InChI is InChI=1S/C10H16N2O8.Fe.K.H2O/c13-7(14)3-11(4-8(15)16)1-2-12(5-9(17)18)6-10(19)20;;;/h1-6H2,(H,13,14)(H,15,16)(H,17,18)(H,19,20);;;1H2/q;+3;+1;/p-4. The van der Waals surface area contributed by atoms with E-state index in [2.05, 4.69) is 0 Å². The predicted octanol–water partition coefficient (Wildman–Crippen LogP) is -11.2. The molecule has 13 heteroatoms. The summed E-state index contributed by atoms with van der Waals surface area (Å²) < 4.78 is 0. The number of hydrogen-bond acceptors (Lipinski definition) is 10.